The molecule has 0 aliphatic carbocycles. The first-order valence-electron chi connectivity index (χ1n) is 7.03. The van der Waals surface area contributed by atoms with Crippen LogP contribution in [0.15, 0.2) is 47.5 Å². The summed E-state index contributed by atoms with van der Waals surface area (Å²) in [6.45, 7) is 4.35. The molecule has 0 amide bonds. The average Bonchev–Trinajstić information content (AvgIpc) is 2.86. The number of nitrogens with zero attached hydrogens (tertiary/aromatic N) is 1. The van der Waals surface area contributed by atoms with Crippen LogP contribution in [-0.4, -0.2) is 13.1 Å². The van der Waals surface area contributed by atoms with E-state index in [0.29, 0.717) is 6.04 Å². The zero-order valence-corrected chi connectivity index (χ0v) is 12.1. The zero-order chi connectivity index (χ0) is 14.1. The molecule has 1 aliphatic heterocycles. The van der Waals surface area contributed by atoms with Crippen molar-refractivity contribution in [1.82, 2.24) is 5.32 Å². The molecule has 0 spiro atoms. The molecule has 0 saturated heterocycles. The van der Waals surface area contributed by atoms with Crippen LogP contribution in [-0.2, 0) is 0 Å². The van der Waals surface area contributed by atoms with Crippen molar-refractivity contribution < 1.29 is 0 Å². The Morgan fingerprint density at radius 1 is 1.25 bits per heavy atom. The highest BCUT2D eigenvalue weighted by atomic mass is 14.9. The summed E-state index contributed by atoms with van der Waals surface area (Å²) in [5.41, 5.74) is 3.92. The third-order valence-electron chi connectivity index (χ3n) is 4.10. The molecule has 2 aromatic carbocycles. The Morgan fingerprint density at radius 3 is 2.80 bits per heavy atom. The summed E-state index contributed by atoms with van der Waals surface area (Å²) in [5, 5.41) is 5.66. The number of nitrogens with one attached hydrogen (secondary N) is 1. The van der Waals surface area contributed by atoms with E-state index in [1.807, 2.05) is 13.1 Å². The van der Waals surface area contributed by atoms with Crippen LogP contribution in [0.2, 0.25) is 0 Å². The van der Waals surface area contributed by atoms with Gasteiger partial charge in [0.05, 0.1) is 11.4 Å². The van der Waals surface area contributed by atoms with Gasteiger partial charge in [0.15, 0.2) is 0 Å². The van der Waals surface area contributed by atoms with Gasteiger partial charge in [-0.15, -0.1) is 0 Å². The molecule has 3 rings (SSSR count). The molecule has 0 fully saturated rings. The molecule has 1 heterocycles. The lowest BCUT2D eigenvalue weighted by Crippen LogP contribution is -2.31. The zero-order valence-electron chi connectivity index (χ0n) is 12.1. The first kappa shape index (κ1) is 13.1. The molecule has 2 nitrogen and oxygen atoms in total. The van der Waals surface area contributed by atoms with E-state index in [4.69, 9.17) is 4.99 Å². The van der Waals surface area contributed by atoms with Crippen LogP contribution < -0.4 is 15.9 Å². The average molecular weight is 263 g/mol. The maximum atomic E-state index is 4.94. The van der Waals surface area contributed by atoms with Crippen molar-refractivity contribution in [3.05, 3.63) is 70.2 Å². The van der Waals surface area contributed by atoms with Crippen LogP contribution in [0.25, 0.3) is 5.57 Å². The van der Waals surface area contributed by atoms with Gasteiger partial charge in [-0.1, -0.05) is 30.3 Å². The minimum Gasteiger partial charge on any atom is -0.313 e. The SMILES string of the molecule is CNC(C)C1=c2c[c]ccc2=NC1c1ccccc1C. The Morgan fingerprint density at radius 2 is 2.05 bits per heavy atom. The Balaban J connectivity index is 2.24. The fourth-order valence-corrected chi connectivity index (χ4v) is 2.88. The third kappa shape index (κ3) is 2.06. The van der Waals surface area contributed by atoms with Crippen molar-refractivity contribution in [3.63, 3.8) is 0 Å². The minimum absolute atomic E-state index is 0.115. The highest BCUT2D eigenvalue weighted by Crippen LogP contribution is 2.31. The highest BCUT2D eigenvalue weighted by molar-refractivity contribution is 5.62. The number of hydrogen-bond donors (Lipinski definition) is 1. The molecule has 0 bridgehead atoms. The molecule has 2 heteroatoms. The van der Waals surface area contributed by atoms with Crippen molar-refractivity contribution in [2.75, 3.05) is 7.05 Å². The van der Waals surface area contributed by atoms with Crippen molar-refractivity contribution in [2.45, 2.75) is 25.9 Å². The number of fused-ring (bicyclic) bond motifs is 1. The highest BCUT2D eigenvalue weighted by Gasteiger charge is 2.25. The third-order valence-corrected chi connectivity index (χ3v) is 4.10. The van der Waals surface area contributed by atoms with Gasteiger partial charge in [0.1, 0.15) is 0 Å². The normalized spacial score (nSPS) is 18.6. The van der Waals surface area contributed by atoms with Crippen LogP contribution in [0.1, 0.15) is 24.1 Å². The fraction of sp³-hybridized carbons (Fsp3) is 0.278. The smallest absolute Gasteiger partial charge is 0.0994 e. The number of hydrogen-bond acceptors (Lipinski definition) is 2. The largest absolute Gasteiger partial charge is 0.313 e. The standard InChI is InChI=1S/C18H19N2/c1-12-8-4-5-9-14(12)18-17(13(2)19-3)15-10-6-7-11-16(15)20-18/h4-5,7-11,13,18-19H,1-3H3. The molecule has 101 valence electrons. The Labute approximate surface area is 119 Å². The predicted octanol–water partition coefficient (Wildman–Crippen LogP) is 1.93. The minimum atomic E-state index is 0.115. The van der Waals surface area contributed by atoms with Crippen molar-refractivity contribution in [3.8, 4) is 0 Å². The molecular weight excluding hydrogens is 244 g/mol. The Kier molecular flexibility index (Phi) is 3.41. The van der Waals surface area contributed by atoms with Gasteiger partial charge in [0, 0.05) is 11.3 Å². The van der Waals surface area contributed by atoms with Gasteiger partial charge < -0.3 is 5.32 Å². The Hall–Kier alpha value is -1.93. The number of aryl methyl sites for hydroxylation is 1. The van der Waals surface area contributed by atoms with Gasteiger partial charge in [-0.2, -0.15) is 0 Å². The van der Waals surface area contributed by atoms with E-state index in [1.54, 1.807) is 0 Å². The van der Waals surface area contributed by atoms with Crippen molar-refractivity contribution in [2.24, 2.45) is 4.99 Å². The van der Waals surface area contributed by atoms with E-state index in [1.165, 1.54) is 21.9 Å². The van der Waals surface area contributed by atoms with Gasteiger partial charge >= 0.3 is 0 Å². The van der Waals surface area contributed by atoms with Gasteiger partial charge in [-0.3, -0.25) is 4.99 Å². The molecular formula is C18H19N2. The quantitative estimate of drug-likeness (QED) is 0.899. The van der Waals surface area contributed by atoms with Crippen LogP contribution in [0.3, 0.4) is 0 Å². The summed E-state index contributed by atoms with van der Waals surface area (Å²) in [6, 6.07) is 18.1. The molecule has 2 atom stereocenters. The van der Waals surface area contributed by atoms with Crippen LogP contribution in [0, 0.1) is 13.0 Å². The summed E-state index contributed by atoms with van der Waals surface area (Å²) >= 11 is 0. The Bertz CT molecular complexity index is 746. The number of rotatable bonds is 3. The molecule has 2 unspecified atom stereocenters. The van der Waals surface area contributed by atoms with E-state index in [0.717, 1.165) is 5.36 Å². The summed E-state index contributed by atoms with van der Waals surface area (Å²) < 4.78 is 0. The van der Waals surface area contributed by atoms with Gasteiger partial charge in [0.2, 0.25) is 0 Å². The molecule has 1 N–H and O–H groups in total. The van der Waals surface area contributed by atoms with Crippen LogP contribution in [0.5, 0.6) is 0 Å². The topological polar surface area (TPSA) is 24.4 Å². The van der Waals surface area contributed by atoms with Gasteiger partial charge in [-0.25, -0.2) is 0 Å². The lowest BCUT2D eigenvalue weighted by Gasteiger charge is -2.21. The molecule has 0 aromatic heterocycles. The summed E-state index contributed by atoms with van der Waals surface area (Å²) in [6.07, 6.45) is 0. The van der Waals surface area contributed by atoms with Gasteiger partial charge in [-0.05, 0) is 55.8 Å². The second kappa shape index (κ2) is 5.22. The van der Waals surface area contributed by atoms with Crippen molar-refractivity contribution in [1.29, 1.82) is 0 Å². The van der Waals surface area contributed by atoms with Gasteiger partial charge in [0.25, 0.3) is 0 Å². The second-order valence-corrected chi connectivity index (χ2v) is 5.30. The molecule has 0 saturated carbocycles. The first-order valence-corrected chi connectivity index (χ1v) is 7.03. The first-order chi connectivity index (χ1) is 9.72. The predicted molar refractivity (Wildman–Crippen MR) is 81.9 cm³/mol. The summed E-state index contributed by atoms with van der Waals surface area (Å²) in [5.74, 6) is 0. The maximum Gasteiger partial charge on any atom is 0.0994 e. The van der Waals surface area contributed by atoms with E-state index >= 15 is 0 Å². The summed E-state index contributed by atoms with van der Waals surface area (Å²) in [7, 11) is 2.00. The fourth-order valence-electron chi connectivity index (χ4n) is 2.88. The van der Waals surface area contributed by atoms with Crippen LogP contribution in [0.4, 0.5) is 0 Å². The maximum absolute atomic E-state index is 4.94. The molecule has 20 heavy (non-hydrogen) atoms. The molecule has 1 radical (unpaired) electrons. The van der Waals surface area contributed by atoms with Crippen molar-refractivity contribution >= 4 is 5.57 Å². The molecule has 2 aromatic rings. The van der Waals surface area contributed by atoms with E-state index < -0.39 is 0 Å². The van der Waals surface area contributed by atoms with E-state index in [2.05, 4.69) is 61.6 Å². The van der Waals surface area contributed by atoms with E-state index in [-0.39, 0.29) is 6.04 Å². The number of benzene rings is 2. The monoisotopic (exact) mass is 263 g/mol. The lowest BCUT2D eigenvalue weighted by molar-refractivity contribution is 0.700. The summed E-state index contributed by atoms with van der Waals surface area (Å²) in [4.78, 5) is 4.94. The lowest BCUT2D eigenvalue weighted by atomic mass is 9.91. The van der Waals surface area contributed by atoms with Crippen LogP contribution >= 0.6 is 0 Å². The second-order valence-electron chi connectivity index (χ2n) is 5.30. The van der Waals surface area contributed by atoms with E-state index in [9.17, 15) is 0 Å². The molecule has 1 aliphatic rings.